The van der Waals surface area contributed by atoms with Crippen molar-refractivity contribution in [2.24, 2.45) is 0 Å². The van der Waals surface area contributed by atoms with Gasteiger partial charge in [0.1, 0.15) is 18.9 Å². The second-order valence-electron chi connectivity index (χ2n) is 4.93. The molecule has 0 radical (unpaired) electrons. The predicted molar refractivity (Wildman–Crippen MR) is 83.1 cm³/mol. The third-order valence-corrected chi connectivity index (χ3v) is 4.12. The fourth-order valence-corrected chi connectivity index (χ4v) is 2.63. The molecule has 5 amide bonds. The van der Waals surface area contributed by atoms with Crippen LogP contribution in [0.2, 0.25) is 0 Å². The van der Waals surface area contributed by atoms with Gasteiger partial charge in [-0.15, -0.1) is 11.8 Å². The zero-order valence-corrected chi connectivity index (χ0v) is 13.6. The average molecular weight is 354 g/mol. The number of imide groups is 1. The number of rotatable bonds is 5. The van der Waals surface area contributed by atoms with Gasteiger partial charge in [0.2, 0.25) is 5.91 Å². The Morgan fingerprint density at radius 1 is 1.21 bits per heavy atom. The molecular weight excluding hydrogens is 339 g/mol. The highest BCUT2D eigenvalue weighted by atomic mass is 32.2. The van der Waals surface area contributed by atoms with E-state index in [0.717, 1.165) is 16.7 Å². The molecule has 1 aliphatic rings. The van der Waals surface area contributed by atoms with Crippen molar-refractivity contribution in [1.82, 2.24) is 20.7 Å². The Balaban J connectivity index is 1.74. The van der Waals surface area contributed by atoms with E-state index in [2.05, 4.69) is 10.9 Å². The second kappa shape index (κ2) is 7.77. The zero-order chi connectivity index (χ0) is 17.7. The van der Waals surface area contributed by atoms with E-state index in [9.17, 15) is 23.6 Å². The molecule has 1 saturated heterocycles. The molecule has 2 rings (SSSR count). The number of urea groups is 1. The highest BCUT2D eigenvalue weighted by molar-refractivity contribution is 8.00. The summed E-state index contributed by atoms with van der Waals surface area (Å²) in [6.45, 7) is -0.569. The summed E-state index contributed by atoms with van der Waals surface area (Å²) < 4.78 is 13.4. The molecule has 0 spiro atoms. The van der Waals surface area contributed by atoms with Gasteiger partial charge >= 0.3 is 6.03 Å². The maximum absolute atomic E-state index is 13.4. The molecule has 8 nitrogen and oxygen atoms in total. The monoisotopic (exact) mass is 354 g/mol. The summed E-state index contributed by atoms with van der Waals surface area (Å²) in [6.07, 6.45) is 0. The van der Waals surface area contributed by atoms with E-state index in [0.29, 0.717) is 4.90 Å². The van der Waals surface area contributed by atoms with E-state index in [1.54, 1.807) is 6.07 Å². The number of carbonyl (C=O) groups excluding carboxylic acids is 4. The van der Waals surface area contributed by atoms with E-state index in [1.165, 1.54) is 30.1 Å². The van der Waals surface area contributed by atoms with Gasteiger partial charge in [-0.05, 0) is 12.1 Å². The van der Waals surface area contributed by atoms with Crippen LogP contribution in [-0.2, 0) is 14.4 Å². The normalized spacial score (nSPS) is 14.1. The number of amides is 5. The molecule has 1 fully saturated rings. The molecule has 1 aromatic carbocycles. The van der Waals surface area contributed by atoms with Gasteiger partial charge in [-0.2, -0.15) is 0 Å². The number of thioether (sulfide) groups is 1. The molecule has 0 saturated carbocycles. The molecular formula is C14H15FN4O4S. The van der Waals surface area contributed by atoms with Gasteiger partial charge in [0.05, 0.1) is 5.75 Å². The Hall–Kier alpha value is -2.62. The number of halogens is 1. The van der Waals surface area contributed by atoms with Crippen molar-refractivity contribution in [3.8, 4) is 0 Å². The SMILES string of the molecule is CN1CC(=O)N(CC(=O)NNC(=O)CSc2ccccc2F)C1=O. The molecule has 24 heavy (non-hydrogen) atoms. The lowest BCUT2D eigenvalue weighted by atomic mass is 10.3. The number of nitrogens with one attached hydrogen (secondary N) is 2. The van der Waals surface area contributed by atoms with Crippen LogP contribution < -0.4 is 10.9 Å². The topological polar surface area (TPSA) is 98.8 Å². The molecule has 0 aromatic heterocycles. The molecule has 0 bridgehead atoms. The Morgan fingerprint density at radius 2 is 1.88 bits per heavy atom. The van der Waals surface area contributed by atoms with Crippen LogP contribution in [0.1, 0.15) is 0 Å². The summed E-state index contributed by atoms with van der Waals surface area (Å²) in [6, 6.07) is 5.43. The first-order valence-electron chi connectivity index (χ1n) is 6.89. The van der Waals surface area contributed by atoms with E-state index >= 15 is 0 Å². The minimum atomic E-state index is -0.712. The van der Waals surface area contributed by atoms with Crippen LogP contribution in [0.4, 0.5) is 9.18 Å². The van der Waals surface area contributed by atoms with Crippen molar-refractivity contribution < 1.29 is 23.6 Å². The van der Waals surface area contributed by atoms with E-state index in [4.69, 9.17) is 0 Å². The lowest BCUT2D eigenvalue weighted by Gasteiger charge is -2.14. The van der Waals surface area contributed by atoms with Gasteiger partial charge in [-0.25, -0.2) is 9.18 Å². The standard InChI is InChI=1S/C14H15FN4O4S/c1-18-7-13(22)19(14(18)23)6-11(20)16-17-12(21)8-24-10-5-3-2-4-9(10)15/h2-5H,6-8H2,1H3,(H,16,20)(H,17,21). The fraction of sp³-hybridized carbons (Fsp3) is 0.286. The van der Waals surface area contributed by atoms with Crippen molar-refractivity contribution in [1.29, 1.82) is 0 Å². The van der Waals surface area contributed by atoms with Crippen LogP contribution in [0, 0.1) is 5.82 Å². The van der Waals surface area contributed by atoms with E-state index in [-0.39, 0.29) is 12.3 Å². The molecule has 1 aliphatic heterocycles. The van der Waals surface area contributed by atoms with Crippen molar-refractivity contribution in [3.63, 3.8) is 0 Å². The number of hydrogen-bond donors (Lipinski definition) is 2. The maximum Gasteiger partial charge on any atom is 0.327 e. The van der Waals surface area contributed by atoms with Gasteiger partial charge < -0.3 is 4.90 Å². The minimum Gasteiger partial charge on any atom is -0.318 e. The molecule has 1 aromatic rings. The third-order valence-electron chi connectivity index (χ3n) is 3.07. The summed E-state index contributed by atoms with van der Waals surface area (Å²) in [5.41, 5.74) is 4.25. The lowest BCUT2D eigenvalue weighted by molar-refractivity contribution is -0.132. The predicted octanol–water partition coefficient (Wildman–Crippen LogP) is -0.0408. The number of nitrogens with zero attached hydrogens (tertiary/aromatic N) is 2. The molecule has 0 unspecified atom stereocenters. The summed E-state index contributed by atoms with van der Waals surface area (Å²) >= 11 is 0.977. The maximum atomic E-state index is 13.4. The lowest BCUT2D eigenvalue weighted by Crippen LogP contribution is -2.48. The Morgan fingerprint density at radius 3 is 2.50 bits per heavy atom. The first-order valence-corrected chi connectivity index (χ1v) is 7.87. The molecule has 0 aliphatic carbocycles. The van der Waals surface area contributed by atoms with Gasteiger partial charge in [-0.3, -0.25) is 30.1 Å². The summed E-state index contributed by atoms with van der Waals surface area (Å²) in [5.74, 6) is -2.29. The first-order chi connectivity index (χ1) is 11.4. The van der Waals surface area contributed by atoms with Crippen LogP contribution in [-0.4, -0.2) is 59.4 Å². The van der Waals surface area contributed by atoms with Crippen LogP contribution in [0.25, 0.3) is 0 Å². The van der Waals surface area contributed by atoms with Crippen LogP contribution in [0.3, 0.4) is 0 Å². The Bertz CT molecular complexity index is 684. The van der Waals surface area contributed by atoms with Crippen molar-refractivity contribution in [3.05, 3.63) is 30.1 Å². The van der Waals surface area contributed by atoms with Gasteiger partial charge in [0.15, 0.2) is 0 Å². The quantitative estimate of drug-likeness (QED) is 0.439. The van der Waals surface area contributed by atoms with Gasteiger partial charge in [-0.1, -0.05) is 12.1 Å². The largest absolute Gasteiger partial charge is 0.327 e. The van der Waals surface area contributed by atoms with Crippen molar-refractivity contribution >= 4 is 35.5 Å². The summed E-state index contributed by atoms with van der Waals surface area (Å²) in [4.78, 5) is 48.7. The molecule has 0 atom stereocenters. The summed E-state index contributed by atoms with van der Waals surface area (Å²) in [7, 11) is 1.44. The first kappa shape index (κ1) is 17.7. The third kappa shape index (κ3) is 4.44. The summed E-state index contributed by atoms with van der Waals surface area (Å²) in [5, 5.41) is 0. The smallest absolute Gasteiger partial charge is 0.318 e. The molecule has 128 valence electrons. The number of carbonyl (C=O) groups is 4. The molecule has 10 heteroatoms. The van der Waals surface area contributed by atoms with Gasteiger partial charge in [0, 0.05) is 11.9 Å². The zero-order valence-electron chi connectivity index (χ0n) is 12.7. The average Bonchev–Trinajstić information content (AvgIpc) is 2.78. The number of benzene rings is 1. The number of hydrogen-bond acceptors (Lipinski definition) is 5. The highest BCUT2D eigenvalue weighted by Gasteiger charge is 2.34. The Labute approximate surface area is 141 Å². The fourth-order valence-electron chi connectivity index (χ4n) is 1.89. The minimum absolute atomic E-state index is 0.0856. The number of likely N-dealkylation sites (N-methyl/N-ethyl adjacent to an activating group) is 1. The van der Waals surface area contributed by atoms with Crippen LogP contribution in [0.15, 0.2) is 29.2 Å². The van der Waals surface area contributed by atoms with Gasteiger partial charge in [0.25, 0.3) is 11.8 Å². The van der Waals surface area contributed by atoms with Crippen LogP contribution >= 0.6 is 11.8 Å². The second-order valence-corrected chi connectivity index (χ2v) is 5.95. The number of hydrazine groups is 1. The Kier molecular flexibility index (Phi) is 5.74. The highest BCUT2D eigenvalue weighted by Crippen LogP contribution is 2.20. The van der Waals surface area contributed by atoms with Crippen molar-refractivity contribution in [2.45, 2.75) is 4.90 Å². The molecule has 1 heterocycles. The van der Waals surface area contributed by atoms with E-state index in [1.807, 2.05) is 0 Å². The van der Waals surface area contributed by atoms with E-state index < -0.39 is 36.1 Å². The molecule has 2 N–H and O–H groups in total. The van der Waals surface area contributed by atoms with Crippen LogP contribution in [0.5, 0.6) is 0 Å². The van der Waals surface area contributed by atoms with Crippen molar-refractivity contribution in [2.75, 3.05) is 25.9 Å².